The van der Waals surface area contributed by atoms with E-state index in [2.05, 4.69) is 13.2 Å². The number of phenolic OH excluding ortho intramolecular Hbond substituents is 2. The van der Waals surface area contributed by atoms with Gasteiger partial charge in [-0.15, -0.1) is 13.2 Å². The summed E-state index contributed by atoms with van der Waals surface area (Å²) in [6.45, 7) is 7.49. The zero-order valence-corrected chi connectivity index (χ0v) is 11.3. The van der Waals surface area contributed by atoms with Crippen LogP contribution >= 0.6 is 0 Å². The van der Waals surface area contributed by atoms with Gasteiger partial charge in [0.05, 0.1) is 0 Å². The quantitative estimate of drug-likeness (QED) is 0.628. The van der Waals surface area contributed by atoms with Crippen LogP contribution in [0.25, 0.3) is 11.1 Å². The van der Waals surface area contributed by atoms with E-state index in [1.807, 2.05) is 30.3 Å². The maximum absolute atomic E-state index is 10.1. The second-order valence-electron chi connectivity index (χ2n) is 4.60. The summed E-state index contributed by atoms with van der Waals surface area (Å²) in [7, 11) is 0. The van der Waals surface area contributed by atoms with Gasteiger partial charge in [0, 0.05) is 5.56 Å². The molecule has 2 aromatic carbocycles. The topological polar surface area (TPSA) is 40.5 Å². The predicted molar refractivity (Wildman–Crippen MR) is 83.0 cm³/mol. The highest BCUT2D eigenvalue weighted by molar-refractivity contribution is 5.74. The molecule has 0 amide bonds. The lowest BCUT2D eigenvalue weighted by atomic mass is 9.90. The van der Waals surface area contributed by atoms with Crippen molar-refractivity contribution >= 4 is 0 Å². The van der Waals surface area contributed by atoms with Crippen molar-refractivity contribution in [1.82, 2.24) is 0 Å². The molecule has 0 aliphatic rings. The van der Waals surface area contributed by atoms with E-state index in [4.69, 9.17) is 0 Å². The Morgan fingerprint density at radius 1 is 0.900 bits per heavy atom. The Labute approximate surface area is 119 Å². The lowest BCUT2D eigenvalue weighted by Gasteiger charge is -2.16. The Morgan fingerprint density at radius 3 is 2.10 bits per heavy atom. The van der Waals surface area contributed by atoms with E-state index in [-0.39, 0.29) is 11.5 Å². The van der Waals surface area contributed by atoms with Gasteiger partial charge in [0.15, 0.2) is 11.5 Å². The Kier molecular flexibility index (Phi) is 4.26. The molecule has 0 spiro atoms. The molecule has 0 aromatic heterocycles. The highest BCUT2D eigenvalue weighted by atomic mass is 16.3. The van der Waals surface area contributed by atoms with Crippen LogP contribution < -0.4 is 0 Å². The summed E-state index contributed by atoms with van der Waals surface area (Å²) in [5.41, 5.74) is 3.60. The van der Waals surface area contributed by atoms with Crippen molar-refractivity contribution in [2.75, 3.05) is 0 Å². The van der Waals surface area contributed by atoms with E-state index in [0.717, 1.165) is 16.7 Å². The first kappa shape index (κ1) is 13.9. The lowest BCUT2D eigenvalue weighted by Crippen LogP contribution is -1.97. The number of hydrogen-bond donors (Lipinski definition) is 2. The molecule has 0 fully saturated rings. The van der Waals surface area contributed by atoms with E-state index < -0.39 is 0 Å². The van der Waals surface area contributed by atoms with Gasteiger partial charge in [0.1, 0.15) is 0 Å². The highest BCUT2D eigenvalue weighted by Crippen LogP contribution is 2.39. The molecule has 2 nitrogen and oxygen atoms in total. The first-order valence-electron chi connectivity index (χ1n) is 6.53. The van der Waals surface area contributed by atoms with Crippen molar-refractivity contribution in [1.29, 1.82) is 0 Å². The van der Waals surface area contributed by atoms with Gasteiger partial charge in [-0.3, -0.25) is 0 Å². The zero-order valence-electron chi connectivity index (χ0n) is 11.3. The summed E-state index contributed by atoms with van der Waals surface area (Å²) < 4.78 is 0. The van der Waals surface area contributed by atoms with Crippen LogP contribution in [-0.4, -0.2) is 10.2 Å². The molecule has 2 heteroatoms. The van der Waals surface area contributed by atoms with Crippen LogP contribution in [0.2, 0.25) is 0 Å². The van der Waals surface area contributed by atoms with Crippen LogP contribution in [0, 0.1) is 0 Å². The molecule has 0 aliphatic heterocycles. The summed E-state index contributed by atoms with van der Waals surface area (Å²) in [4.78, 5) is 0. The van der Waals surface area contributed by atoms with Crippen LogP contribution in [0.3, 0.4) is 0 Å². The molecule has 0 unspecified atom stereocenters. The summed E-state index contributed by atoms with van der Waals surface area (Å²) in [6.07, 6.45) is 4.64. The second-order valence-corrected chi connectivity index (χ2v) is 4.60. The molecule has 0 radical (unpaired) electrons. The van der Waals surface area contributed by atoms with Crippen LogP contribution in [0.15, 0.2) is 61.7 Å². The van der Waals surface area contributed by atoms with E-state index in [1.165, 1.54) is 0 Å². The molecule has 2 N–H and O–H groups in total. The molecule has 0 atom stereocenters. The first-order chi connectivity index (χ1) is 9.69. The number of phenols is 2. The third-order valence-corrected chi connectivity index (χ3v) is 3.28. The van der Waals surface area contributed by atoms with Crippen molar-refractivity contribution in [3.8, 4) is 22.6 Å². The normalized spacial score (nSPS) is 10.2. The van der Waals surface area contributed by atoms with Gasteiger partial charge in [-0.25, -0.2) is 0 Å². The average molecular weight is 266 g/mol. The summed E-state index contributed by atoms with van der Waals surface area (Å²) in [6, 6.07) is 11.4. The number of allylic oxidation sites excluding steroid dienone is 2. The highest BCUT2D eigenvalue weighted by Gasteiger charge is 2.16. The molecular formula is C18H18O2. The van der Waals surface area contributed by atoms with Gasteiger partial charge < -0.3 is 10.2 Å². The molecule has 0 heterocycles. The zero-order chi connectivity index (χ0) is 14.5. The smallest absolute Gasteiger partial charge is 0.161 e. The standard InChI is InChI=1S/C18H18O2/c1-3-8-14-15(9-4-2)18(20)17(19)12-16(14)13-10-6-5-7-11-13/h3-7,10-12,19-20H,1-2,8-9H2. The molecule has 2 aromatic rings. The predicted octanol–water partition coefficient (Wildman–Crippen LogP) is 4.22. The minimum Gasteiger partial charge on any atom is -0.504 e. The van der Waals surface area contributed by atoms with Gasteiger partial charge >= 0.3 is 0 Å². The fraction of sp³-hybridized carbons (Fsp3) is 0.111. The van der Waals surface area contributed by atoms with E-state index in [1.54, 1.807) is 18.2 Å². The first-order valence-corrected chi connectivity index (χ1v) is 6.53. The molecule has 0 saturated heterocycles. The van der Waals surface area contributed by atoms with E-state index in [9.17, 15) is 10.2 Å². The third kappa shape index (κ3) is 2.59. The Hall–Kier alpha value is -2.48. The average Bonchev–Trinajstić information content (AvgIpc) is 2.47. The van der Waals surface area contributed by atoms with Crippen LogP contribution in [-0.2, 0) is 12.8 Å². The summed E-state index contributed by atoms with van der Waals surface area (Å²) >= 11 is 0. The van der Waals surface area contributed by atoms with Crippen molar-refractivity contribution in [3.05, 3.63) is 72.8 Å². The number of hydrogen-bond acceptors (Lipinski definition) is 2. The SMILES string of the molecule is C=CCc1c(-c2ccccc2)cc(O)c(O)c1CC=C. The van der Waals surface area contributed by atoms with Crippen LogP contribution in [0.5, 0.6) is 11.5 Å². The van der Waals surface area contributed by atoms with Crippen molar-refractivity contribution in [3.63, 3.8) is 0 Å². The van der Waals surface area contributed by atoms with E-state index in [0.29, 0.717) is 18.4 Å². The largest absolute Gasteiger partial charge is 0.504 e. The molecule has 0 saturated carbocycles. The molecule has 102 valence electrons. The van der Waals surface area contributed by atoms with E-state index >= 15 is 0 Å². The Balaban J connectivity index is 2.72. The van der Waals surface area contributed by atoms with Crippen LogP contribution in [0.4, 0.5) is 0 Å². The Morgan fingerprint density at radius 2 is 1.50 bits per heavy atom. The number of rotatable bonds is 5. The van der Waals surface area contributed by atoms with Gasteiger partial charge in [0.2, 0.25) is 0 Å². The number of benzene rings is 2. The molecule has 0 aliphatic carbocycles. The maximum atomic E-state index is 10.1. The van der Waals surface area contributed by atoms with Gasteiger partial charge in [0.25, 0.3) is 0 Å². The van der Waals surface area contributed by atoms with Gasteiger partial charge in [-0.2, -0.15) is 0 Å². The minimum absolute atomic E-state index is 0.0681. The maximum Gasteiger partial charge on any atom is 0.161 e. The molecular weight excluding hydrogens is 248 g/mol. The van der Waals surface area contributed by atoms with Gasteiger partial charge in [-0.1, -0.05) is 42.5 Å². The van der Waals surface area contributed by atoms with Crippen molar-refractivity contribution in [2.24, 2.45) is 0 Å². The van der Waals surface area contributed by atoms with Crippen LogP contribution in [0.1, 0.15) is 11.1 Å². The molecule has 20 heavy (non-hydrogen) atoms. The number of aromatic hydroxyl groups is 2. The molecule has 0 bridgehead atoms. The van der Waals surface area contributed by atoms with Crippen molar-refractivity contribution < 1.29 is 10.2 Å². The monoisotopic (exact) mass is 266 g/mol. The van der Waals surface area contributed by atoms with Crippen molar-refractivity contribution in [2.45, 2.75) is 12.8 Å². The summed E-state index contributed by atoms with van der Waals surface area (Å²) in [5, 5.41) is 20.0. The van der Waals surface area contributed by atoms with Gasteiger partial charge in [-0.05, 0) is 35.6 Å². The molecule has 2 rings (SSSR count). The lowest BCUT2D eigenvalue weighted by molar-refractivity contribution is 0.400. The third-order valence-electron chi connectivity index (χ3n) is 3.28. The Bertz CT molecular complexity index is 628. The second kappa shape index (κ2) is 6.11. The minimum atomic E-state index is -0.103. The fourth-order valence-corrected chi connectivity index (χ4v) is 2.37. The fourth-order valence-electron chi connectivity index (χ4n) is 2.37. The summed E-state index contributed by atoms with van der Waals surface area (Å²) in [5.74, 6) is -0.171.